The molecule has 206 valence electrons. The highest BCUT2D eigenvalue weighted by atomic mass is 16.5. The van der Waals surface area contributed by atoms with Gasteiger partial charge in [0.25, 0.3) is 5.91 Å². The topological polar surface area (TPSA) is 149 Å². The molecule has 10 nitrogen and oxygen atoms in total. The number of likely N-dealkylation sites (N-methyl/N-ethyl adjacent to an activating group) is 1. The summed E-state index contributed by atoms with van der Waals surface area (Å²) in [5, 5.41) is 19.7. The third kappa shape index (κ3) is 13.3. The molecule has 1 heterocycles. The molecule has 2 rings (SSSR count). The smallest absolute Gasteiger partial charge is 0.257 e. The van der Waals surface area contributed by atoms with Crippen LogP contribution < -0.4 is 26.7 Å². The minimum atomic E-state index is -0.382. The number of hydrogen-bond acceptors (Lipinski definition) is 7. The zero-order valence-corrected chi connectivity index (χ0v) is 22.0. The van der Waals surface area contributed by atoms with Crippen molar-refractivity contribution in [3.8, 4) is 0 Å². The largest absolute Gasteiger partial charge is 0.362 e. The van der Waals surface area contributed by atoms with Gasteiger partial charge in [0.2, 0.25) is 18.2 Å². The number of hydroxylamine groups is 1. The molecule has 1 unspecified atom stereocenters. The maximum Gasteiger partial charge on any atom is 0.257 e. The molecule has 2 atom stereocenters. The van der Waals surface area contributed by atoms with Gasteiger partial charge in [-0.05, 0) is 56.0 Å². The van der Waals surface area contributed by atoms with Crippen molar-refractivity contribution in [2.24, 2.45) is 5.92 Å². The molecule has 1 aromatic carbocycles. The van der Waals surface area contributed by atoms with E-state index in [1.165, 1.54) is 0 Å². The Morgan fingerprint density at radius 3 is 2.53 bits per heavy atom. The van der Waals surface area contributed by atoms with Crippen molar-refractivity contribution >= 4 is 24.1 Å². The van der Waals surface area contributed by atoms with Gasteiger partial charge in [-0.25, -0.2) is 5.48 Å². The van der Waals surface area contributed by atoms with Crippen LogP contribution in [-0.4, -0.2) is 49.0 Å². The van der Waals surface area contributed by atoms with Gasteiger partial charge in [-0.15, -0.1) is 0 Å². The zero-order chi connectivity index (χ0) is 28.2. The highest BCUT2D eigenvalue weighted by Crippen LogP contribution is 2.19. The van der Waals surface area contributed by atoms with E-state index >= 15 is 0 Å². The summed E-state index contributed by atoms with van der Waals surface area (Å²) in [6.45, 7) is 6.58. The summed E-state index contributed by atoms with van der Waals surface area (Å²) >= 11 is 0. The van der Waals surface area contributed by atoms with Gasteiger partial charge in [0.1, 0.15) is 0 Å². The first-order valence-corrected chi connectivity index (χ1v) is 12.5. The molecule has 0 saturated heterocycles. The summed E-state index contributed by atoms with van der Waals surface area (Å²) in [4.78, 5) is 44.1. The van der Waals surface area contributed by atoms with Crippen molar-refractivity contribution in [2.45, 2.75) is 45.1 Å². The van der Waals surface area contributed by atoms with Crippen LogP contribution >= 0.6 is 0 Å². The van der Waals surface area contributed by atoms with Crippen LogP contribution in [0.5, 0.6) is 0 Å². The van der Waals surface area contributed by atoms with Gasteiger partial charge < -0.3 is 16.0 Å². The van der Waals surface area contributed by atoms with E-state index in [0.717, 1.165) is 24.1 Å². The first kappa shape index (κ1) is 32.0. The maximum absolute atomic E-state index is 12.5. The molecule has 1 aliphatic heterocycles. The highest BCUT2D eigenvalue weighted by Gasteiger charge is 2.20. The number of carbonyl (C=O) groups excluding carboxylic acids is 4. The molecule has 0 radical (unpaired) electrons. The van der Waals surface area contributed by atoms with Gasteiger partial charge in [0.05, 0.1) is 6.04 Å². The van der Waals surface area contributed by atoms with Crippen molar-refractivity contribution in [3.63, 3.8) is 0 Å². The van der Waals surface area contributed by atoms with E-state index in [0.29, 0.717) is 31.4 Å². The predicted octanol–water partition coefficient (Wildman–Crippen LogP) is 2.47. The van der Waals surface area contributed by atoms with Crippen LogP contribution in [0.1, 0.15) is 49.4 Å². The molecule has 1 aliphatic rings. The van der Waals surface area contributed by atoms with Crippen molar-refractivity contribution in [1.29, 1.82) is 0 Å². The molecule has 10 heteroatoms. The SMILES string of the molecule is C=C1/C=C\C=C/C(C)/C(C[C@H](NC)C(=O)NCCCCCC(=O)NO)=C\N1.O=CNC(=O)c1ccccc1. The number of imide groups is 1. The summed E-state index contributed by atoms with van der Waals surface area (Å²) in [7, 11) is 1.78. The number of benzene rings is 1. The van der Waals surface area contributed by atoms with E-state index in [-0.39, 0.29) is 36.1 Å². The van der Waals surface area contributed by atoms with E-state index in [9.17, 15) is 19.2 Å². The second-order valence-electron chi connectivity index (χ2n) is 8.56. The average Bonchev–Trinajstić information content (AvgIpc) is 3.00. The Balaban J connectivity index is 0.000000544. The summed E-state index contributed by atoms with van der Waals surface area (Å²) in [5.74, 6) is -0.596. The van der Waals surface area contributed by atoms with Crippen molar-refractivity contribution in [2.75, 3.05) is 13.6 Å². The van der Waals surface area contributed by atoms with Gasteiger partial charge in [-0.3, -0.25) is 29.7 Å². The molecule has 0 bridgehead atoms. The summed E-state index contributed by atoms with van der Waals surface area (Å²) in [6, 6.07) is 8.23. The molecular weight excluding hydrogens is 486 g/mol. The van der Waals surface area contributed by atoms with Crippen molar-refractivity contribution in [3.05, 3.63) is 84.2 Å². The molecule has 0 fully saturated rings. The fourth-order valence-corrected chi connectivity index (χ4v) is 3.40. The normalized spacial score (nSPS) is 18.2. The Kier molecular flexibility index (Phi) is 16.1. The lowest BCUT2D eigenvalue weighted by atomic mass is 9.94. The van der Waals surface area contributed by atoms with Crippen LogP contribution in [0, 0.1) is 5.92 Å². The predicted molar refractivity (Wildman–Crippen MR) is 147 cm³/mol. The summed E-state index contributed by atoms with van der Waals surface area (Å²) in [6.07, 6.45) is 13.4. The lowest BCUT2D eigenvalue weighted by Crippen LogP contribution is -2.43. The number of allylic oxidation sites excluding steroid dienone is 4. The fourth-order valence-electron chi connectivity index (χ4n) is 3.40. The lowest BCUT2D eigenvalue weighted by Gasteiger charge is -2.20. The molecular formula is C28H39N5O5. The van der Waals surface area contributed by atoms with Crippen molar-refractivity contribution < 1.29 is 24.4 Å². The maximum atomic E-state index is 12.5. The van der Waals surface area contributed by atoms with E-state index in [1.54, 1.807) is 42.9 Å². The first-order chi connectivity index (χ1) is 18.3. The Labute approximate surface area is 224 Å². The first-order valence-electron chi connectivity index (χ1n) is 12.5. The van der Waals surface area contributed by atoms with E-state index in [1.807, 2.05) is 29.7 Å². The number of hydrogen-bond donors (Lipinski definition) is 6. The van der Waals surface area contributed by atoms with Crippen LogP contribution in [0.15, 0.2) is 78.7 Å². The quantitative estimate of drug-likeness (QED) is 0.106. The van der Waals surface area contributed by atoms with E-state index in [4.69, 9.17) is 5.21 Å². The number of rotatable bonds is 12. The minimum Gasteiger partial charge on any atom is -0.362 e. The second kappa shape index (κ2) is 19.1. The van der Waals surface area contributed by atoms with Crippen LogP contribution in [0.3, 0.4) is 0 Å². The standard InChI is InChI=1S/C20H32N4O3.C8H7NO2/c1-15-9-6-7-10-16(2)23-14-17(15)13-18(21-3)20(26)22-12-8-4-5-11-19(25)24-27;10-6-9-8(11)7-4-2-1-3-5-7/h6-7,9-10,14-15,18,21,23,27H,2,4-5,8,11-13H2,1,3H3,(H,22,26)(H,24,25);1-6H,(H,9,10,11)/b9-6-,10-7-,17-14-;/t15?,18-;/m0./s1. The fraction of sp³-hybridized carbons (Fsp3) is 0.357. The minimum absolute atomic E-state index is 0.0421. The van der Waals surface area contributed by atoms with Crippen LogP contribution in [0.4, 0.5) is 0 Å². The van der Waals surface area contributed by atoms with Gasteiger partial charge in [-0.1, -0.05) is 56.4 Å². The summed E-state index contributed by atoms with van der Waals surface area (Å²) in [5.41, 5.74) is 4.01. The molecule has 38 heavy (non-hydrogen) atoms. The Morgan fingerprint density at radius 1 is 1.13 bits per heavy atom. The molecule has 0 saturated carbocycles. The van der Waals surface area contributed by atoms with Gasteiger partial charge in [0, 0.05) is 30.4 Å². The number of unbranched alkanes of at least 4 members (excludes halogenated alkanes) is 2. The molecule has 0 aromatic heterocycles. The third-order valence-corrected chi connectivity index (χ3v) is 5.67. The molecule has 4 amide bonds. The number of nitrogens with one attached hydrogen (secondary N) is 5. The third-order valence-electron chi connectivity index (χ3n) is 5.67. The van der Waals surface area contributed by atoms with E-state index < -0.39 is 0 Å². The zero-order valence-electron chi connectivity index (χ0n) is 22.0. The molecule has 0 spiro atoms. The number of carbonyl (C=O) groups is 4. The van der Waals surface area contributed by atoms with Crippen molar-refractivity contribution in [1.82, 2.24) is 26.7 Å². The van der Waals surface area contributed by atoms with Gasteiger partial charge >= 0.3 is 0 Å². The molecule has 1 aromatic rings. The second-order valence-corrected chi connectivity index (χ2v) is 8.56. The van der Waals surface area contributed by atoms with E-state index in [2.05, 4.69) is 35.5 Å². The highest BCUT2D eigenvalue weighted by molar-refractivity contribution is 5.99. The van der Waals surface area contributed by atoms with Crippen LogP contribution in [0.2, 0.25) is 0 Å². The number of amides is 4. The average molecular weight is 526 g/mol. The Hall–Kier alpha value is -4.02. The van der Waals surface area contributed by atoms with Gasteiger partial charge in [0.15, 0.2) is 0 Å². The van der Waals surface area contributed by atoms with Crippen LogP contribution in [-0.2, 0) is 14.4 Å². The van der Waals surface area contributed by atoms with Crippen LogP contribution in [0.25, 0.3) is 0 Å². The lowest BCUT2D eigenvalue weighted by molar-refractivity contribution is -0.129. The van der Waals surface area contributed by atoms with Gasteiger partial charge in [-0.2, -0.15) is 0 Å². The monoisotopic (exact) mass is 525 g/mol. The molecule has 6 N–H and O–H groups in total. The Morgan fingerprint density at radius 2 is 1.87 bits per heavy atom. The summed E-state index contributed by atoms with van der Waals surface area (Å²) < 4.78 is 0. The molecule has 0 aliphatic carbocycles. The Bertz CT molecular complexity index is 1000.